The molecule has 0 heterocycles. The van der Waals surface area contributed by atoms with Gasteiger partial charge in [0.15, 0.2) is 6.10 Å². The molecule has 0 aromatic rings. The van der Waals surface area contributed by atoms with Gasteiger partial charge in [-0.15, -0.1) is 0 Å². The van der Waals surface area contributed by atoms with Crippen LogP contribution in [-0.2, 0) is 14.3 Å². The summed E-state index contributed by atoms with van der Waals surface area (Å²) in [5.41, 5.74) is 0. The number of carboxylic acids is 1. The van der Waals surface area contributed by atoms with Crippen LogP contribution in [0.2, 0.25) is 0 Å². The third kappa shape index (κ3) is 16.2. The number of quaternary nitrogens is 1. The second kappa shape index (κ2) is 15.7. The zero-order chi connectivity index (χ0) is 23.1. The number of unbranched alkanes of at least 4 members (excludes halogenated alkanes) is 9. The van der Waals surface area contributed by atoms with Crippen molar-refractivity contribution < 1.29 is 23.9 Å². The van der Waals surface area contributed by atoms with E-state index in [-0.39, 0.29) is 12.4 Å². The van der Waals surface area contributed by atoms with Gasteiger partial charge >= 0.3 is 11.9 Å². The van der Waals surface area contributed by atoms with E-state index in [2.05, 4.69) is 6.92 Å². The molecule has 0 spiro atoms. The molecule has 1 N–H and O–H groups in total. The quantitative estimate of drug-likeness (QED) is 0.139. The summed E-state index contributed by atoms with van der Waals surface area (Å²) in [4.78, 5) is 23.1. The first-order valence-corrected chi connectivity index (χ1v) is 12.9. The number of ether oxygens (including phenoxy) is 1. The van der Waals surface area contributed by atoms with Crippen LogP contribution in [0.15, 0.2) is 0 Å². The van der Waals surface area contributed by atoms with Gasteiger partial charge in [0.1, 0.15) is 6.54 Å². The summed E-state index contributed by atoms with van der Waals surface area (Å²) in [6.07, 6.45) is 18.1. The second-order valence-corrected chi connectivity index (χ2v) is 10.8. The summed E-state index contributed by atoms with van der Waals surface area (Å²) < 4.78 is 6.01. The molecule has 31 heavy (non-hydrogen) atoms. The average Bonchev–Trinajstić information content (AvgIpc) is 3.40. The molecule has 0 amide bonds. The van der Waals surface area contributed by atoms with Gasteiger partial charge in [-0.25, -0.2) is 0 Å². The molecule has 0 saturated heterocycles. The van der Waals surface area contributed by atoms with Crippen LogP contribution in [0.3, 0.4) is 0 Å². The first kappa shape index (κ1) is 27.9. The topological polar surface area (TPSA) is 63.6 Å². The zero-order valence-corrected chi connectivity index (χ0v) is 20.9. The Balaban J connectivity index is 1.95. The maximum absolute atomic E-state index is 12.1. The van der Waals surface area contributed by atoms with Gasteiger partial charge in [0.25, 0.3) is 0 Å². The molecular weight excluding hydrogens is 390 g/mol. The molecule has 5 nitrogen and oxygen atoms in total. The molecular formula is C26H50NO4+. The molecule has 5 heteroatoms. The molecule has 1 saturated carbocycles. The summed E-state index contributed by atoms with van der Waals surface area (Å²) in [7, 11) is 5.92. The fourth-order valence-electron chi connectivity index (χ4n) is 4.60. The van der Waals surface area contributed by atoms with Crippen molar-refractivity contribution in [3.05, 3.63) is 0 Å². The Kier molecular flexibility index (Phi) is 14.1. The minimum atomic E-state index is -0.921. The van der Waals surface area contributed by atoms with E-state index in [1.54, 1.807) is 0 Å². The molecule has 182 valence electrons. The summed E-state index contributed by atoms with van der Waals surface area (Å²) in [5, 5.41) is 9.03. The van der Waals surface area contributed by atoms with Crippen molar-refractivity contribution in [1.29, 1.82) is 0 Å². The van der Waals surface area contributed by atoms with Crippen LogP contribution >= 0.6 is 0 Å². The maximum Gasteiger partial charge on any atom is 0.307 e. The van der Waals surface area contributed by atoms with Crippen molar-refractivity contribution in [3.8, 4) is 0 Å². The molecule has 0 aromatic heterocycles. The minimum absolute atomic E-state index is 0.123. The molecule has 1 aliphatic carbocycles. The Labute approximate surface area is 191 Å². The third-order valence-corrected chi connectivity index (χ3v) is 6.41. The summed E-state index contributed by atoms with van der Waals surface area (Å²) in [6, 6.07) is 0. The SMILES string of the molecule is CCCCCCC1C[C@H]1CCCCCCCCCC(=O)OC(CC(=O)O)C[N+](C)(C)C. The van der Waals surface area contributed by atoms with Gasteiger partial charge in [0.2, 0.25) is 0 Å². The molecule has 0 bridgehead atoms. The molecule has 1 fully saturated rings. The van der Waals surface area contributed by atoms with Gasteiger partial charge in [0.05, 0.1) is 27.6 Å². The normalized spacial score (nSPS) is 19.2. The van der Waals surface area contributed by atoms with E-state index >= 15 is 0 Å². The van der Waals surface area contributed by atoms with Gasteiger partial charge in [-0.05, 0) is 24.7 Å². The molecule has 3 atom stereocenters. The lowest BCUT2D eigenvalue weighted by molar-refractivity contribution is -0.873. The van der Waals surface area contributed by atoms with Gasteiger partial charge in [0, 0.05) is 6.42 Å². The highest BCUT2D eigenvalue weighted by molar-refractivity contribution is 5.71. The number of hydrogen-bond acceptors (Lipinski definition) is 3. The van der Waals surface area contributed by atoms with Crippen LogP contribution in [0.4, 0.5) is 0 Å². The van der Waals surface area contributed by atoms with E-state index in [4.69, 9.17) is 9.84 Å². The first-order chi connectivity index (χ1) is 14.7. The standard InChI is InChI=1S/C26H49NO4/c1-5-6-7-13-16-22-19-23(22)17-14-11-9-8-10-12-15-18-26(30)31-24(20-25(28)29)21-27(2,3)4/h22-24H,5-21H2,1-4H3/p+1/t22?,23-,24?/m1/s1. The predicted molar refractivity (Wildman–Crippen MR) is 127 cm³/mol. The van der Waals surface area contributed by atoms with Crippen LogP contribution in [0.25, 0.3) is 0 Å². The van der Waals surface area contributed by atoms with E-state index < -0.39 is 12.1 Å². The van der Waals surface area contributed by atoms with Crippen molar-refractivity contribution in [3.63, 3.8) is 0 Å². The van der Waals surface area contributed by atoms with E-state index in [9.17, 15) is 9.59 Å². The number of carbonyl (C=O) groups is 2. The summed E-state index contributed by atoms with van der Waals surface area (Å²) in [5.74, 6) is 0.910. The molecule has 2 unspecified atom stereocenters. The number of nitrogens with zero attached hydrogens (tertiary/aromatic N) is 1. The third-order valence-electron chi connectivity index (χ3n) is 6.41. The monoisotopic (exact) mass is 440 g/mol. The smallest absolute Gasteiger partial charge is 0.307 e. The lowest BCUT2D eigenvalue weighted by atomic mass is 10.0. The lowest BCUT2D eigenvalue weighted by Crippen LogP contribution is -2.43. The van der Waals surface area contributed by atoms with Crippen molar-refractivity contribution in [1.82, 2.24) is 0 Å². The van der Waals surface area contributed by atoms with Crippen molar-refractivity contribution >= 4 is 11.9 Å². The Hall–Kier alpha value is -1.10. The number of hydrogen-bond donors (Lipinski definition) is 1. The van der Waals surface area contributed by atoms with E-state index in [0.29, 0.717) is 17.4 Å². The fourth-order valence-corrected chi connectivity index (χ4v) is 4.60. The fraction of sp³-hybridized carbons (Fsp3) is 0.923. The number of carbonyl (C=O) groups excluding carboxylic acids is 1. The van der Waals surface area contributed by atoms with Gasteiger partial charge in [-0.2, -0.15) is 0 Å². The highest BCUT2D eigenvalue weighted by Crippen LogP contribution is 2.45. The Morgan fingerprint density at radius 2 is 1.39 bits per heavy atom. The molecule has 0 aliphatic heterocycles. The number of aliphatic carboxylic acids is 1. The first-order valence-electron chi connectivity index (χ1n) is 12.9. The number of likely N-dealkylation sites (N-methyl/N-ethyl adjacent to an activating group) is 1. The van der Waals surface area contributed by atoms with Crippen LogP contribution in [-0.4, -0.2) is 55.3 Å². The van der Waals surface area contributed by atoms with Crippen LogP contribution in [0, 0.1) is 11.8 Å². The van der Waals surface area contributed by atoms with Crippen LogP contribution in [0.5, 0.6) is 0 Å². The summed E-state index contributed by atoms with van der Waals surface area (Å²) >= 11 is 0. The van der Waals surface area contributed by atoms with Crippen molar-refractivity contribution in [2.75, 3.05) is 27.7 Å². The van der Waals surface area contributed by atoms with Crippen molar-refractivity contribution in [2.24, 2.45) is 11.8 Å². The average molecular weight is 441 g/mol. The second-order valence-electron chi connectivity index (χ2n) is 10.8. The molecule has 1 rings (SSSR count). The van der Waals surface area contributed by atoms with Crippen LogP contribution in [0.1, 0.15) is 110 Å². The maximum atomic E-state index is 12.1. The van der Waals surface area contributed by atoms with E-state index in [0.717, 1.165) is 24.7 Å². The van der Waals surface area contributed by atoms with Crippen molar-refractivity contribution in [2.45, 2.75) is 116 Å². The zero-order valence-electron chi connectivity index (χ0n) is 20.9. The molecule has 0 radical (unpaired) electrons. The molecule has 0 aromatic carbocycles. The minimum Gasteiger partial charge on any atom is -0.481 e. The Morgan fingerprint density at radius 3 is 1.90 bits per heavy atom. The highest BCUT2D eigenvalue weighted by atomic mass is 16.5. The lowest BCUT2D eigenvalue weighted by Gasteiger charge is -2.28. The predicted octanol–water partition coefficient (Wildman–Crippen LogP) is 6.20. The number of esters is 1. The number of rotatable bonds is 20. The largest absolute Gasteiger partial charge is 0.481 e. The summed E-state index contributed by atoms with van der Waals surface area (Å²) in [6.45, 7) is 2.79. The Morgan fingerprint density at radius 1 is 0.871 bits per heavy atom. The highest BCUT2D eigenvalue weighted by Gasteiger charge is 2.35. The van der Waals surface area contributed by atoms with Gasteiger partial charge < -0.3 is 14.3 Å². The van der Waals surface area contributed by atoms with E-state index in [1.807, 2.05) is 21.1 Å². The van der Waals surface area contributed by atoms with Crippen LogP contribution < -0.4 is 0 Å². The molecule has 1 aliphatic rings. The Bertz CT molecular complexity index is 500. The van der Waals surface area contributed by atoms with Gasteiger partial charge in [-0.3, -0.25) is 9.59 Å². The van der Waals surface area contributed by atoms with Gasteiger partial charge in [-0.1, -0.05) is 84.0 Å². The van der Waals surface area contributed by atoms with E-state index in [1.165, 1.54) is 77.0 Å². The number of carboxylic acid groups (broad SMARTS) is 1.